The number of ether oxygens (including phenoxy) is 4. The summed E-state index contributed by atoms with van der Waals surface area (Å²) < 4.78 is 21.2. The van der Waals surface area contributed by atoms with Gasteiger partial charge in [-0.1, -0.05) is 15.9 Å². The van der Waals surface area contributed by atoms with Gasteiger partial charge < -0.3 is 54.7 Å². The van der Waals surface area contributed by atoms with E-state index >= 15 is 0 Å². The predicted octanol–water partition coefficient (Wildman–Crippen LogP) is -3.98. The van der Waals surface area contributed by atoms with Gasteiger partial charge in [0.1, 0.15) is 48.8 Å². The molecular weight excluding hydrogens is 424 g/mol. The summed E-state index contributed by atoms with van der Waals surface area (Å²) in [7, 11) is 0. The van der Waals surface area contributed by atoms with Crippen molar-refractivity contribution in [1.29, 1.82) is 0 Å². The van der Waals surface area contributed by atoms with Crippen molar-refractivity contribution in [2.45, 2.75) is 61.4 Å². The maximum atomic E-state index is 10.3. The van der Waals surface area contributed by atoms with E-state index in [2.05, 4.69) is 15.9 Å². The van der Waals surface area contributed by atoms with E-state index in [-0.39, 0.29) is 6.61 Å². The van der Waals surface area contributed by atoms with Gasteiger partial charge in [-0.05, 0) is 0 Å². The maximum absolute atomic E-state index is 10.3. The van der Waals surface area contributed by atoms with Crippen molar-refractivity contribution in [3.05, 3.63) is 0 Å². The fraction of sp³-hybridized carbons (Fsp3) is 1.00. The third-order valence-electron chi connectivity index (χ3n) is 4.32. The van der Waals surface area contributed by atoms with Crippen molar-refractivity contribution in [1.82, 2.24) is 0 Å². The summed E-state index contributed by atoms with van der Waals surface area (Å²) in [5.41, 5.74) is 0. The van der Waals surface area contributed by atoms with E-state index in [4.69, 9.17) is 18.9 Å². The van der Waals surface area contributed by atoms with Crippen LogP contribution in [0.15, 0.2) is 0 Å². The molecule has 0 aliphatic carbocycles. The second-order valence-electron chi connectivity index (χ2n) is 6.06. The van der Waals surface area contributed by atoms with Gasteiger partial charge in [0, 0.05) is 5.33 Å². The topological polar surface area (TPSA) is 179 Å². The van der Waals surface area contributed by atoms with E-state index in [0.29, 0.717) is 5.33 Å². The van der Waals surface area contributed by atoms with Crippen molar-refractivity contribution >= 4 is 15.9 Å². The van der Waals surface area contributed by atoms with E-state index in [0.717, 1.165) is 0 Å². The highest BCUT2D eigenvalue weighted by atomic mass is 79.9. The van der Waals surface area contributed by atoms with Crippen molar-refractivity contribution in [3.63, 3.8) is 0 Å². The van der Waals surface area contributed by atoms with Crippen LogP contribution in [0, 0.1) is 0 Å². The molecule has 10 atom stereocenters. The van der Waals surface area contributed by atoms with Crippen molar-refractivity contribution < 1.29 is 54.7 Å². The first-order chi connectivity index (χ1) is 12.3. The minimum Gasteiger partial charge on any atom is -0.394 e. The smallest absolute Gasteiger partial charge is 0.187 e. The van der Waals surface area contributed by atoms with E-state index in [1.165, 1.54) is 0 Å². The fourth-order valence-corrected chi connectivity index (χ4v) is 3.04. The van der Waals surface area contributed by atoms with Gasteiger partial charge in [0.15, 0.2) is 12.6 Å². The summed E-state index contributed by atoms with van der Waals surface area (Å²) in [5.74, 6) is 0. The number of halogens is 1. The lowest BCUT2D eigenvalue weighted by Crippen LogP contribution is -2.64. The highest BCUT2D eigenvalue weighted by Crippen LogP contribution is 2.29. The minimum absolute atomic E-state index is 0.185. The molecule has 0 radical (unpaired) electrons. The fourth-order valence-electron chi connectivity index (χ4n) is 2.85. The molecule has 26 heavy (non-hydrogen) atoms. The number of alkyl halides is 1. The second kappa shape index (κ2) is 10.0. The maximum Gasteiger partial charge on any atom is 0.187 e. The molecule has 12 heteroatoms. The monoisotopic (exact) mass is 448 g/mol. The van der Waals surface area contributed by atoms with Gasteiger partial charge in [-0.2, -0.15) is 0 Å². The standard InChI is InChI=1S/C14H25BrO11/c15-1-2-23-13-11(22)9(20)12(6(4-17)25-13)26-14-10(21)8(19)7(18)5(3-16)24-14/h5-14,16-22H,1-4H2/t5-,6-,7+,8+,9-,10-,11-,12+,13-,14-/m1/s1. The molecule has 2 aliphatic rings. The Morgan fingerprint density at radius 2 is 1.31 bits per heavy atom. The van der Waals surface area contributed by atoms with Crippen LogP contribution < -0.4 is 0 Å². The Morgan fingerprint density at radius 3 is 1.88 bits per heavy atom. The first-order valence-electron chi connectivity index (χ1n) is 8.11. The second-order valence-corrected chi connectivity index (χ2v) is 6.86. The summed E-state index contributed by atoms with van der Waals surface area (Å²) in [5, 5.41) is 69.2. The zero-order chi connectivity index (χ0) is 19.4. The molecule has 2 fully saturated rings. The van der Waals surface area contributed by atoms with Crippen LogP contribution in [0.2, 0.25) is 0 Å². The summed E-state index contributed by atoms with van der Waals surface area (Å²) in [6, 6.07) is 0. The third kappa shape index (κ3) is 4.71. The molecule has 11 nitrogen and oxygen atoms in total. The Labute approximate surface area is 157 Å². The van der Waals surface area contributed by atoms with Gasteiger partial charge in [0.2, 0.25) is 0 Å². The van der Waals surface area contributed by atoms with E-state index in [1.807, 2.05) is 0 Å². The molecule has 2 heterocycles. The Hall–Kier alpha value is 0.0400. The van der Waals surface area contributed by atoms with Crippen LogP contribution in [-0.4, -0.2) is 122 Å². The van der Waals surface area contributed by atoms with E-state index in [1.54, 1.807) is 0 Å². The molecular formula is C14H25BrO11. The van der Waals surface area contributed by atoms with Crippen LogP contribution in [0.5, 0.6) is 0 Å². The van der Waals surface area contributed by atoms with Gasteiger partial charge in [0.05, 0.1) is 19.8 Å². The van der Waals surface area contributed by atoms with Gasteiger partial charge in [-0.25, -0.2) is 0 Å². The highest BCUT2D eigenvalue weighted by Gasteiger charge is 2.50. The van der Waals surface area contributed by atoms with Crippen LogP contribution in [0.3, 0.4) is 0 Å². The van der Waals surface area contributed by atoms with E-state index in [9.17, 15) is 35.7 Å². The lowest BCUT2D eigenvalue weighted by Gasteiger charge is -2.45. The molecule has 0 saturated carbocycles. The van der Waals surface area contributed by atoms with Crippen LogP contribution in [-0.2, 0) is 18.9 Å². The SMILES string of the molecule is OC[C@H]1O[C@H](O[C@@H]2[C@H](O)[C@@H](O)[C@H](OCCBr)O[C@@H]2CO)[C@H](O)[C@@H](O)[C@H]1O. The molecule has 2 rings (SSSR count). The van der Waals surface area contributed by atoms with Crippen LogP contribution in [0.25, 0.3) is 0 Å². The molecule has 0 aromatic carbocycles. The molecule has 2 saturated heterocycles. The Balaban J connectivity index is 2.09. The molecule has 2 aliphatic heterocycles. The quantitative estimate of drug-likeness (QED) is 0.189. The zero-order valence-corrected chi connectivity index (χ0v) is 15.3. The van der Waals surface area contributed by atoms with Crippen LogP contribution >= 0.6 is 15.9 Å². The molecule has 154 valence electrons. The van der Waals surface area contributed by atoms with Gasteiger partial charge in [0.25, 0.3) is 0 Å². The Morgan fingerprint density at radius 1 is 0.731 bits per heavy atom. The summed E-state index contributed by atoms with van der Waals surface area (Å²) >= 11 is 3.14. The molecule has 0 aromatic heterocycles. The summed E-state index contributed by atoms with van der Waals surface area (Å²) in [6.45, 7) is -1.06. The summed E-state index contributed by atoms with van der Waals surface area (Å²) in [6.07, 6.45) is -14.4. The number of hydrogen-bond donors (Lipinski definition) is 7. The number of hydrogen-bond acceptors (Lipinski definition) is 11. The zero-order valence-electron chi connectivity index (χ0n) is 13.7. The van der Waals surface area contributed by atoms with Gasteiger partial charge in [-0.3, -0.25) is 0 Å². The Bertz CT molecular complexity index is 426. The average molecular weight is 449 g/mol. The van der Waals surface area contributed by atoms with Gasteiger partial charge in [-0.15, -0.1) is 0 Å². The van der Waals surface area contributed by atoms with Crippen molar-refractivity contribution in [3.8, 4) is 0 Å². The lowest BCUT2D eigenvalue weighted by molar-refractivity contribution is -0.359. The first kappa shape index (κ1) is 22.3. The highest BCUT2D eigenvalue weighted by molar-refractivity contribution is 9.09. The first-order valence-corrected chi connectivity index (χ1v) is 9.23. The van der Waals surface area contributed by atoms with Gasteiger partial charge >= 0.3 is 0 Å². The molecule has 0 spiro atoms. The lowest BCUT2D eigenvalue weighted by atomic mass is 9.97. The number of aliphatic hydroxyl groups is 7. The normalized spacial score (nSPS) is 47.1. The van der Waals surface area contributed by atoms with Crippen molar-refractivity contribution in [2.24, 2.45) is 0 Å². The molecule has 7 N–H and O–H groups in total. The molecule has 0 amide bonds. The molecule has 0 bridgehead atoms. The van der Waals surface area contributed by atoms with Crippen molar-refractivity contribution in [2.75, 3.05) is 25.2 Å². The van der Waals surface area contributed by atoms with Crippen LogP contribution in [0.4, 0.5) is 0 Å². The summed E-state index contributed by atoms with van der Waals surface area (Å²) in [4.78, 5) is 0. The van der Waals surface area contributed by atoms with E-state index < -0.39 is 74.6 Å². The van der Waals surface area contributed by atoms with Crippen LogP contribution in [0.1, 0.15) is 0 Å². The predicted molar refractivity (Wildman–Crippen MR) is 86.1 cm³/mol. The Kier molecular flexibility index (Phi) is 8.59. The minimum atomic E-state index is -1.70. The molecule has 0 unspecified atom stereocenters. The average Bonchev–Trinajstić information content (AvgIpc) is 2.64. The number of aliphatic hydroxyl groups excluding tert-OH is 7. The molecule has 0 aromatic rings. The largest absolute Gasteiger partial charge is 0.394 e. The number of rotatable bonds is 7. The third-order valence-corrected chi connectivity index (χ3v) is 4.64.